The van der Waals surface area contributed by atoms with Gasteiger partial charge in [-0.3, -0.25) is 9.59 Å². The van der Waals surface area contributed by atoms with Crippen molar-refractivity contribution >= 4 is 29.2 Å². The van der Waals surface area contributed by atoms with Crippen LogP contribution in [0.5, 0.6) is 11.5 Å². The fraction of sp³-hybridized carbons (Fsp3) is 0.192. The summed E-state index contributed by atoms with van der Waals surface area (Å²) in [6, 6.07) is 17.4. The lowest BCUT2D eigenvalue weighted by Crippen LogP contribution is -2.37. The zero-order valence-electron chi connectivity index (χ0n) is 19.2. The van der Waals surface area contributed by atoms with Crippen LogP contribution in [-0.2, 0) is 16.1 Å². The molecule has 1 heterocycles. The van der Waals surface area contributed by atoms with E-state index in [-0.39, 0.29) is 13.0 Å². The van der Waals surface area contributed by atoms with Gasteiger partial charge >= 0.3 is 6.03 Å². The van der Waals surface area contributed by atoms with E-state index in [4.69, 9.17) is 9.47 Å². The number of imide groups is 1. The highest BCUT2D eigenvalue weighted by Gasteiger charge is 2.46. The normalized spacial score (nSPS) is 15.3. The predicted octanol–water partition coefficient (Wildman–Crippen LogP) is 4.21. The van der Waals surface area contributed by atoms with Crippen molar-refractivity contribution in [2.24, 2.45) is 0 Å². The fourth-order valence-electron chi connectivity index (χ4n) is 3.89. The van der Waals surface area contributed by atoms with Gasteiger partial charge in [0.05, 0.1) is 26.3 Å². The van der Waals surface area contributed by atoms with E-state index in [1.54, 1.807) is 42.5 Å². The summed E-state index contributed by atoms with van der Waals surface area (Å²) >= 11 is 0. The van der Waals surface area contributed by atoms with Gasteiger partial charge in [-0.05, 0) is 54.1 Å². The number of benzene rings is 3. The van der Waals surface area contributed by atoms with Crippen LogP contribution in [0.2, 0.25) is 0 Å². The second-order valence-electron chi connectivity index (χ2n) is 7.91. The van der Waals surface area contributed by atoms with Gasteiger partial charge in [0.25, 0.3) is 5.91 Å². The van der Waals surface area contributed by atoms with E-state index >= 15 is 0 Å². The number of rotatable bonds is 8. The number of halogens is 1. The molecule has 0 unspecified atom stereocenters. The maximum atomic E-state index is 13.4. The van der Waals surface area contributed by atoms with E-state index in [1.807, 2.05) is 6.07 Å². The van der Waals surface area contributed by atoms with Crippen molar-refractivity contribution in [3.8, 4) is 11.5 Å². The van der Waals surface area contributed by atoms with Crippen molar-refractivity contribution in [2.45, 2.75) is 19.0 Å². The largest absolute Gasteiger partial charge is 0.497 e. The molecule has 1 aliphatic heterocycles. The SMILES string of the molecule is COc1cccc(CN2C(=O)N(c3cccc(OC)c3)C(=O)[C@H]2CC(=O)Nc2ccc(F)cc2)c1. The van der Waals surface area contributed by atoms with Crippen molar-refractivity contribution < 1.29 is 28.2 Å². The molecule has 9 heteroatoms. The Morgan fingerprint density at radius 2 is 1.60 bits per heavy atom. The minimum absolute atomic E-state index is 0.0940. The third-order valence-corrected chi connectivity index (χ3v) is 5.62. The van der Waals surface area contributed by atoms with E-state index in [1.165, 1.54) is 43.4 Å². The summed E-state index contributed by atoms with van der Waals surface area (Å²) in [6.45, 7) is 0.0940. The minimum Gasteiger partial charge on any atom is -0.497 e. The molecule has 3 aromatic carbocycles. The predicted molar refractivity (Wildman–Crippen MR) is 128 cm³/mol. The highest BCUT2D eigenvalue weighted by molar-refractivity contribution is 6.22. The molecule has 0 radical (unpaired) electrons. The molecule has 1 aliphatic rings. The molecule has 0 bridgehead atoms. The Morgan fingerprint density at radius 1 is 0.943 bits per heavy atom. The van der Waals surface area contributed by atoms with Crippen LogP contribution in [0.15, 0.2) is 72.8 Å². The molecule has 4 amide bonds. The average molecular weight is 477 g/mol. The van der Waals surface area contributed by atoms with Gasteiger partial charge < -0.3 is 19.7 Å². The molecular weight excluding hydrogens is 453 g/mol. The Morgan fingerprint density at radius 3 is 2.29 bits per heavy atom. The van der Waals surface area contributed by atoms with Crippen LogP contribution < -0.4 is 19.7 Å². The lowest BCUT2D eigenvalue weighted by Gasteiger charge is -2.22. The van der Waals surface area contributed by atoms with E-state index in [9.17, 15) is 18.8 Å². The third-order valence-electron chi connectivity index (χ3n) is 5.62. The van der Waals surface area contributed by atoms with Gasteiger partial charge in [0, 0.05) is 18.3 Å². The number of carbonyl (C=O) groups excluding carboxylic acids is 3. The van der Waals surface area contributed by atoms with Gasteiger partial charge in [-0.25, -0.2) is 14.1 Å². The van der Waals surface area contributed by atoms with Gasteiger partial charge in [-0.15, -0.1) is 0 Å². The average Bonchev–Trinajstić information content (AvgIpc) is 3.09. The van der Waals surface area contributed by atoms with Gasteiger partial charge in [0.15, 0.2) is 0 Å². The number of amides is 4. The summed E-state index contributed by atoms with van der Waals surface area (Å²) in [5, 5.41) is 2.65. The number of hydrogen-bond acceptors (Lipinski definition) is 5. The Bertz CT molecular complexity index is 1250. The van der Waals surface area contributed by atoms with E-state index < -0.39 is 29.7 Å². The highest BCUT2D eigenvalue weighted by atomic mass is 19.1. The number of anilines is 2. The molecule has 0 aromatic heterocycles. The number of nitrogens with zero attached hydrogens (tertiary/aromatic N) is 2. The molecule has 1 N–H and O–H groups in total. The van der Waals surface area contributed by atoms with E-state index in [0.29, 0.717) is 22.9 Å². The highest BCUT2D eigenvalue weighted by Crippen LogP contribution is 2.31. The number of hydrogen-bond donors (Lipinski definition) is 1. The van der Waals surface area contributed by atoms with Crippen LogP contribution in [0, 0.1) is 5.82 Å². The summed E-state index contributed by atoms with van der Waals surface area (Å²) < 4.78 is 23.7. The zero-order chi connectivity index (χ0) is 24.9. The van der Waals surface area contributed by atoms with Crippen LogP contribution >= 0.6 is 0 Å². The number of nitrogens with one attached hydrogen (secondary N) is 1. The number of methoxy groups -OCH3 is 2. The maximum Gasteiger partial charge on any atom is 0.332 e. The zero-order valence-corrected chi connectivity index (χ0v) is 19.2. The molecule has 4 rings (SSSR count). The van der Waals surface area contributed by atoms with Crippen LogP contribution in [0.25, 0.3) is 0 Å². The van der Waals surface area contributed by atoms with Gasteiger partial charge in [0.2, 0.25) is 5.91 Å². The van der Waals surface area contributed by atoms with Crippen LogP contribution in [0.1, 0.15) is 12.0 Å². The van der Waals surface area contributed by atoms with Crippen LogP contribution in [-0.4, -0.2) is 43.0 Å². The number of carbonyl (C=O) groups is 3. The molecule has 1 saturated heterocycles. The maximum absolute atomic E-state index is 13.4. The summed E-state index contributed by atoms with van der Waals surface area (Å²) in [7, 11) is 3.03. The molecule has 8 nitrogen and oxygen atoms in total. The summed E-state index contributed by atoms with van der Waals surface area (Å²) in [4.78, 5) is 42.1. The van der Waals surface area contributed by atoms with Crippen LogP contribution in [0.3, 0.4) is 0 Å². The Hall–Kier alpha value is -4.40. The summed E-state index contributed by atoms with van der Waals surface area (Å²) in [6.07, 6.45) is -0.271. The van der Waals surface area contributed by atoms with Crippen LogP contribution in [0.4, 0.5) is 20.6 Å². The first-order chi connectivity index (χ1) is 16.9. The monoisotopic (exact) mass is 477 g/mol. The molecule has 3 aromatic rings. The molecule has 180 valence electrons. The summed E-state index contributed by atoms with van der Waals surface area (Å²) in [5.74, 6) is -0.347. The first-order valence-corrected chi connectivity index (χ1v) is 10.9. The molecule has 0 aliphatic carbocycles. The lowest BCUT2D eigenvalue weighted by atomic mass is 10.1. The smallest absolute Gasteiger partial charge is 0.332 e. The first-order valence-electron chi connectivity index (χ1n) is 10.9. The van der Waals surface area contributed by atoms with Crippen molar-refractivity contribution in [3.05, 3.63) is 84.2 Å². The van der Waals surface area contributed by atoms with E-state index in [0.717, 1.165) is 10.5 Å². The molecular formula is C26H24FN3O5. The number of urea groups is 1. The molecule has 0 saturated carbocycles. The molecule has 0 spiro atoms. The standard InChI is InChI=1S/C26H24FN3O5/c1-34-21-7-3-5-17(13-21)16-29-23(15-24(31)28-19-11-9-18(27)10-12-19)25(32)30(26(29)33)20-6-4-8-22(14-20)35-2/h3-14,23H,15-16H2,1-2H3,(H,28,31)/t23-/m1/s1. The topological polar surface area (TPSA) is 88.2 Å². The molecule has 1 atom stereocenters. The minimum atomic E-state index is -1.04. The molecule has 1 fully saturated rings. The Balaban J connectivity index is 1.62. The van der Waals surface area contributed by atoms with Crippen molar-refractivity contribution in [1.29, 1.82) is 0 Å². The lowest BCUT2D eigenvalue weighted by molar-refractivity contribution is -0.124. The number of ether oxygens (including phenoxy) is 2. The van der Waals surface area contributed by atoms with Crippen molar-refractivity contribution in [2.75, 3.05) is 24.4 Å². The quantitative estimate of drug-likeness (QED) is 0.491. The Kier molecular flexibility index (Phi) is 6.96. The molecule has 35 heavy (non-hydrogen) atoms. The van der Waals surface area contributed by atoms with E-state index in [2.05, 4.69) is 5.32 Å². The van der Waals surface area contributed by atoms with Crippen molar-refractivity contribution in [1.82, 2.24) is 4.90 Å². The van der Waals surface area contributed by atoms with Gasteiger partial charge in [0.1, 0.15) is 23.4 Å². The second-order valence-corrected chi connectivity index (χ2v) is 7.91. The second kappa shape index (κ2) is 10.3. The van der Waals surface area contributed by atoms with Gasteiger partial charge in [-0.2, -0.15) is 0 Å². The Labute approximate surface area is 201 Å². The van der Waals surface area contributed by atoms with Gasteiger partial charge in [-0.1, -0.05) is 18.2 Å². The third kappa shape index (κ3) is 5.24. The fourth-order valence-corrected chi connectivity index (χ4v) is 3.89. The summed E-state index contributed by atoms with van der Waals surface area (Å²) in [5.41, 5.74) is 1.47. The first kappa shape index (κ1) is 23.7. The van der Waals surface area contributed by atoms with Crippen molar-refractivity contribution in [3.63, 3.8) is 0 Å².